The summed E-state index contributed by atoms with van der Waals surface area (Å²) in [6.45, 7) is 1.55. The molecule has 1 aromatic rings. The minimum absolute atomic E-state index is 0.293. The fourth-order valence-electron chi connectivity index (χ4n) is 1.01. The summed E-state index contributed by atoms with van der Waals surface area (Å²) in [7, 11) is 0. The summed E-state index contributed by atoms with van der Waals surface area (Å²) in [5, 5.41) is 10.9. The van der Waals surface area contributed by atoms with E-state index in [4.69, 9.17) is 5.11 Å². The first-order valence-electron chi connectivity index (χ1n) is 4.23. The normalized spacial score (nSPS) is 10.6. The number of rotatable bonds is 3. The molecule has 0 aliphatic heterocycles. The Morgan fingerprint density at radius 1 is 1.47 bits per heavy atom. The number of carboxylic acids is 1. The van der Waals surface area contributed by atoms with E-state index in [0.29, 0.717) is 11.3 Å². The van der Waals surface area contributed by atoms with Crippen LogP contribution in [0.3, 0.4) is 0 Å². The second-order valence-corrected chi connectivity index (χ2v) is 3.11. The number of aliphatic carboxylic acids is 1. The van der Waals surface area contributed by atoms with Crippen molar-refractivity contribution in [3.63, 3.8) is 0 Å². The zero-order valence-electron chi connectivity index (χ0n) is 8.10. The number of aliphatic imine (C=N–C) groups is 1. The summed E-state index contributed by atoms with van der Waals surface area (Å²) < 4.78 is 0. The zero-order valence-corrected chi connectivity index (χ0v) is 8.91. The van der Waals surface area contributed by atoms with Crippen molar-refractivity contribution in [1.82, 2.24) is 0 Å². The van der Waals surface area contributed by atoms with Crippen LogP contribution in [0.1, 0.15) is 12.5 Å². The molecular formula is C11H9NO2S. The summed E-state index contributed by atoms with van der Waals surface area (Å²) in [6.07, 6.45) is 1.59. The predicted molar refractivity (Wildman–Crippen MR) is 62.4 cm³/mol. The third kappa shape index (κ3) is 3.46. The molecule has 15 heavy (non-hydrogen) atoms. The first kappa shape index (κ1) is 11.3. The number of thiocarbonyl (C=S) groups is 1. The summed E-state index contributed by atoms with van der Waals surface area (Å²) >= 11 is 4.46. The first-order valence-corrected chi connectivity index (χ1v) is 4.64. The van der Waals surface area contributed by atoms with Crippen molar-refractivity contribution in [2.45, 2.75) is 6.92 Å². The number of hydrogen-bond acceptors (Lipinski definition) is 3. The van der Waals surface area contributed by atoms with Gasteiger partial charge in [0.25, 0.3) is 0 Å². The Kier molecular flexibility index (Phi) is 3.92. The van der Waals surface area contributed by atoms with Gasteiger partial charge in [0, 0.05) is 5.57 Å². The smallest absolute Gasteiger partial charge is 0.331 e. The lowest BCUT2D eigenvalue weighted by molar-refractivity contribution is -0.132. The molecule has 0 unspecified atom stereocenters. The molecule has 0 aromatic heterocycles. The van der Waals surface area contributed by atoms with E-state index in [-0.39, 0.29) is 0 Å². The van der Waals surface area contributed by atoms with E-state index in [2.05, 4.69) is 22.4 Å². The fraction of sp³-hybridized carbons (Fsp3) is 0.0909. The van der Waals surface area contributed by atoms with Crippen LogP contribution in [0.25, 0.3) is 6.08 Å². The zero-order chi connectivity index (χ0) is 11.3. The van der Waals surface area contributed by atoms with E-state index in [9.17, 15) is 4.79 Å². The number of carbonyl (C=O) groups is 1. The van der Waals surface area contributed by atoms with Crippen molar-refractivity contribution < 1.29 is 9.90 Å². The van der Waals surface area contributed by atoms with Gasteiger partial charge in [0.1, 0.15) is 0 Å². The van der Waals surface area contributed by atoms with Gasteiger partial charge in [-0.2, -0.15) is 4.99 Å². The topological polar surface area (TPSA) is 49.7 Å². The Morgan fingerprint density at radius 3 is 2.53 bits per heavy atom. The van der Waals surface area contributed by atoms with E-state index in [1.807, 2.05) is 0 Å². The monoisotopic (exact) mass is 219 g/mol. The Labute approximate surface area is 92.8 Å². The molecule has 0 spiro atoms. The number of nitrogens with zero attached hydrogens (tertiary/aromatic N) is 1. The van der Waals surface area contributed by atoms with E-state index in [1.54, 1.807) is 37.3 Å². The van der Waals surface area contributed by atoms with Gasteiger partial charge in [-0.1, -0.05) is 12.1 Å². The average molecular weight is 219 g/mol. The van der Waals surface area contributed by atoms with Gasteiger partial charge in [-0.3, -0.25) is 0 Å². The van der Waals surface area contributed by atoms with Gasteiger partial charge in [0.2, 0.25) is 0 Å². The van der Waals surface area contributed by atoms with Gasteiger partial charge in [0.15, 0.2) is 0 Å². The highest BCUT2D eigenvalue weighted by Gasteiger charge is 1.99. The van der Waals surface area contributed by atoms with Gasteiger partial charge < -0.3 is 5.11 Å². The summed E-state index contributed by atoms with van der Waals surface area (Å²) in [6, 6.07) is 7.05. The molecule has 0 aliphatic carbocycles. The molecule has 3 nitrogen and oxygen atoms in total. The molecule has 0 radical (unpaired) electrons. The molecule has 0 aliphatic rings. The van der Waals surface area contributed by atoms with Crippen LogP contribution in [0.5, 0.6) is 0 Å². The first-order chi connectivity index (χ1) is 7.13. The average Bonchev–Trinajstić information content (AvgIpc) is 2.21. The maximum Gasteiger partial charge on any atom is 0.331 e. The van der Waals surface area contributed by atoms with Crippen molar-refractivity contribution in [2.75, 3.05) is 0 Å². The van der Waals surface area contributed by atoms with Crippen LogP contribution in [0.4, 0.5) is 5.69 Å². The molecule has 0 heterocycles. The van der Waals surface area contributed by atoms with Crippen molar-refractivity contribution >= 4 is 35.1 Å². The van der Waals surface area contributed by atoms with Crippen LogP contribution in [0.2, 0.25) is 0 Å². The van der Waals surface area contributed by atoms with E-state index in [0.717, 1.165) is 5.56 Å². The lowest BCUT2D eigenvalue weighted by Crippen LogP contribution is -1.95. The molecule has 0 saturated heterocycles. The van der Waals surface area contributed by atoms with Crippen LogP contribution in [-0.2, 0) is 4.79 Å². The molecule has 4 heteroatoms. The molecule has 0 amide bonds. The number of hydrogen-bond donors (Lipinski definition) is 1. The fourth-order valence-corrected chi connectivity index (χ4v) is 1.11. The van der Waals surface area contributed by atoms with E-state index < -0.39 is 5.97 Å². The molecule has 1 aromatic carbocycles. The minimum Gasteiger partial charge on any atom is -0.478 e. The Bertz CT molecular complexity index is 442. The number of carboxylic acid groups (broad SMARTS) is 1. The van der Waals surface area contributed by atoms with Crippen molar-refractivity contribution in [1.29, 1.82) is 0 Å². The van der Waals surface area contributed by atoms with Crippen LogP contribution in [0.15, 0.2) is 34.8 Å². The summed E-state index contributed by atoms with van der Waals surface area (Å²) in [5.41, 5.74) is 1.81. The number of benzene rings is 1. The Balaban J connectivity index is 2.94. The second kappa shape index (κ2) is 5.20. The lowest BCUT2D eigenvalue weighted by atomic mass is 10.1. The largest absolute Gasteiger partial charge is 0.478 e. The van der Waals surface area contributed by atoms with Crippen molar-refractivity contribution in [3.8, 4) is 0 Å². The van der Waals surface area contributed by atoms with Gasteiger partial charge in [-0.05, 0) is 42.9 Å². The predicted octanol–water partition coefficient (Wildman–Crippen LogP) is 2.91. The number of isothiocyanates is 1. The molecule has 76 valence electrons. The minimum atomic E-state index is -0.920. The van der Waals surface area contributed by atoms with Gasteiger partial charge in [-0.15, -0.1) is 0 Å². The second-order valence-electron chi connectivity index (χ2n) is 2.93. The summed E-state index contributed by atoms with van der Waals surface area (Å²) in [4.78, 5) is 14.4. The van der Waals surface area contributed by atoms with Crippen LogP contribution >= 0.6 is 12.2 Å². The van der Waals surface area contributed by atoms with E-state index in [1.165, 1.54) is 0 Å². The Morgan fingerprint density at radius 2 is 2.07 bits per heavy atom. The molecule has 0 fully saturated rings. The molecule has 1 rings (SSSR count). The highest BCUT2D eigenvalue weighted by molar-refractivity contribution is 7.78. The van der Waals surface area contributed by atoms with Crippen molar-refractivity contribution in [3.05, 3.63) is 35.4 Å². The molecule has 1 N–H and O–H groups in total. The van der Waals surface area contributed by atoms with Gasteiger partial charge in [0.05, 0.1) is 10.8 Å². The molecule has 0 saturated carbocycles. The highest BCUT2D eigenvalue weighted by Crippen LogP contribution is 2.14. The molecule has 0 atom stereocenters. The Hall–Kier alpha value is -1.77. The molecule has 0 bridgehead atoms. The van der Waals surface area contributed by atoms with Gasteiger partial charge in [-0.25, -0.2) is 4.79 Å². The third-order valence-electron chi connectivity index (χ3n) is 1.79. The maximum absolute atomic E-state index is 10.6. The van der Waals surface area contributed by atoms with Gasteiger partial charge >= 0.3 is 5.97 Å². The lowest BCUT2D eigenvalue weighted by Gasteiger charge is -1.96. The molecular weight excluding hydrogens is 210 g/mol. The third-order valence-corrected chi connectivity index (χ3v) is 1.88. The SMILES string of the molecule is C/C(=C\c1ccc(N=C=S)cc1)C(=O)O. The standard InChI is InChI=1S/C11H9NO2S/c1-8(11(13)14)6-9-2-4-10(5-3-9)12-7-15/h2-6H,1H3,(H,13,14)/b8-6+. The van der Waals surface area contributed by atoms with Crippen molar-refractivity contribution in [2.24, 2.45) is 4.99 Å². The van der Waals surface area contributed by atoms with Crippen LogP contribution in [0, 0.1) is 0 Å². The van der Waals surface area contributed by atoms with Crippen LogP contribution < -0.4 is 0 Å². The van der Waals surface area contributed by atoms with Crippen LogP contribution in [-0.4, -0.2) is 16.2 Å². The summed E-state index contributed by atoms with van der Waals surface area (Å²) in [5.74, 6) is -0.920. The quantitative estimate of drug-likeness (QED) is 0.483. The highest BCUT2D eigenvalue weighted by atomic mass is 32.1. The maximum atomic E-state index is 10.6. The van der Waals surface area contributed by atoms with E-state index >= 15 is 0 Å².